The molecule has 10 heteroatoms. The van der Waals surface area contributed by atoms with Gasteiger partial charge >= 0.3 is 5.97 Å². The van der Waals surface area contributed by atoms with Gasteiger partial charge in [-0.1, -0.05) is 24.8 Å². The third-order valence-electron chi connectivity index (χ3n) is 6.95. The Bertz CT molecular complexity index is 1770. The Labute approximate surface area is 240 Å². The van der Waals surface area contributed by atoms with Gasteiger partial charge in [-0.05, 0) is 61.4 Å². The lowest BCUT2D eigenvalue weighted by atomic mass is 10.00. The number of carboxylic acid groups (broad SMARTS) is 1. The molecule has 0 saturated carbocycles. The van der Waals surface area contributed by atoms with Crippen molar-refractivity contribution in [2.45, 2.75) is 39.2 Å². The number of aliphatic hydroxyl groups excluding tert-OH is 1. The van der Waals surface area contributed by atoms with E-state index < -0.39 is 17.7 Å². The van der Waals surface area contributed by atoms with Crippen molar-refractivity contribution < 1.29 is 33.0 Å². The molecule has 1 unspecified atom stereocenters. The number of para-hydroxylation sites is 1. The van der Waals surface area contributed by atoms with Crippen molar-refractivity contribution in [1.82, 2.24) is 0 Å². The summed E-state index contributed by atoms with van der Waals surface area (Å²) in [5.41, 5.74) is 5.02. The molecular formula is C32H30F2N2O6. The number of hydrogen-bond donors (Lipinski definition) is 3. The van der Waals surface area contributed by atoms with Gasteiger partial charge in [0.2, 0.25) is 5.91 Å². The number of carboxylic acids is 1. The number of amides is 1. The summed E-state index contributed by atoms with van der Waals surface area (Å²) >= 11 is 0. The first-order valence-electron chi connectivity index (χ1n) is 13.0. The van der Waals surface area contributed by atoms with Crippen LogP contribution in [0.5, 0.6) is 0 Å². The topological polar surface area (TPSA) is 120 Å². The highest BCUT2D eigenvalue weighted by Gasteiger charge is 2.25. The summed E-state index contributed by atoms with van der Waals surface area (Å²) in [6.07, 6.45) is 0.311. The minimum Gasteiger partial charge on any atom is -0.507 e. The van der Waals surface area contributed by atoms with Crippen LogP contribution in [0.1, 0.15) is 46.9 Å². The SMILES string of the molecule is C=C(O)C(C)(F)F.Cc1cc(C(C)Nc2ccccc2C(=O)O)c2oc(-c3ccc4c(c3)CC(=O)N4C)cc(=O)c2c1. The van der Waals surface area contributed by atoms with Crippen LogP contribution >= 0.6 is 0 Å². The molecule has 1 aliphatic rings. The van der Waals surface area contributed by atoms with Crippen molar-refractivity contribution >= 4 is 34.2 Å². The number of carbonyl (C=O) groups excluding carboxylic acids is 1. The summed E-state index contributed by atoms with van der Waals surface area (Å²) in [5.74, 6) is -4.82. The highest BCUT2D eigenvalue weighted by atomic mass is 19.3. The summed E-state index contributed by atoms with van der Waals surface area (Å²) in [7, 11) is 1.75. The first kappa shape index (κ1) is 30.0. The summed E-state index contributed by atoms with van der Waals surface area (Å²) in [6, 6.07) is 17.2. The number of aryl methyl sites for hydroxylation is 1. The van der Waals surface area contributed by atoms with Crippen molar-refractivity contribution in [1.29, 1.82) is 0 Å². The van der Waals surface area contributed by atoms with Crippen molar-refractivity contribution in [3.63, 3.8) is 0 Å². The van der Waals surface area contributed by atoms with Crippen LogP contribution in [0.3, 0.4) is 0 Å². The van der Waals surface area contributed by atoms with Gasteiger partial charge in [0.25, 0.3) is 5.92 Å². The van der Waals surface area contributed by atoms with E-state index in [1.165, 1.54) is 6.07 Å². The normalized spacial score (nSPS) is 13.3. The number of alkyl halides is 2. The van der Waals surface area contributed by atoms with E-state index in [-0.39, 0.29) is 22.9 Å². The molecule has 1 atom stereocenters. The summed E-state index contributed by atoms with van der Waals surface area (Å²) in [4.78, 5) is 38.5. The monoisotopic (exact) mass is 576 g/mol. The molecule has 0 spiro atoms. The quantitative estimate of drug-likeness (QED) is 0.214. The summed E-state index contributed by atoms with van der Waals surface area (Å²) in [5, 5.41) is 21.2. The predicted molar refractivity (Wildman–Crippen MR) is 158 cm³/mol. The second kappa shape index (κ2) is 11.5. The van der Waals surface area contributed by atoms with E-state index in [1.54, 1.807) is 42.3 Å². The maximum atomic E-state index is 13.1. The zero-order chi connectivity index (χ0) is 30.9. The number of nitrogens with one attached hydrogen (secondary N) is 1. The molecule has 5 rings (SSSR count). The molecule has 0 saturated heterocycles. The molecule has 4 aromatic rings. The van der Waals surface area contributed by atoms with Gasteiger partial charge in [-0.25, -0.2) is 4.79 Å². The minimum absolute atomic E-state index is 0.0245. The van der Waals surface area contributed by atoms with Gasteiger partial charge in [0, 0.05) is 42.5 Å². The molecule has 0 aliphatic carbocycles. The number of allylic oxidation sites excluding steroid dienone is 1. The Hall–Kier alpha value is -4.99. The van der Waals surface area contributed by atoms with E-state index in [0.717, 1.165) is 22.4 Å². The number of hydrogen-bond acceptors (Lipinski definition) is 6. The van der Waals surface area contributed by atoms with Crippen LogP contribution in [-0.4, -0.2) is 35.1 Å². The van der Waals surface area contributed by atoms with Crippen molar-refractivity contribution in [3.8, 4) is 11.3 Å². The average molecular weight is 577 g/mol. The Morgan fingerprint density at radius 1 is 1.10 bits per heavy atom. The first-order valence-corrected chi connectivity index (χ1v) is 13.0. The molecule has 218 valence electrons. The van der Waals surface area contributed by atoms with Gasteiger partial charge in [-0.2, -0.15) is 8.78 Å². The van der Waals surface area contributed by atoms with E-state index in [2.05, 4.69) is 11.9 Å². The number of anilines is 2. The fraction of sp³-hybridized carbons (Fsp3) is 0.219. The molecule has 0 fully saturated rings. The summed E-state index contributed by atoms with van der Waals surface area (Å²) in [6.45, 7) is 7.01. The number of rotatable bonds is 6. The van der Waals surface area contributed by atoms with E-state index in [9.17, 15) is 28.3 Å². The molecular weight excluding hydrogens is 546 g/mol. The molecule has 1 aromatic heterocycles. The van der Waals surface area contributed by atoms with Crippen LogP contribution in [0, 0.1) is 6.92 Å². The van der Waals surface area contributed by atoms with Gasteiger partial charge < -0.3 is 24.8 Å². The van der Waals surface area contributed by atoms with Crippen LogP contribution in [0.2, 0.25) is 0 Å². The number of aliphatic hydroxyl groups is 1. The number of nitrogens with zero attached hydrogens (tertiary/aromatic N) is 1. The highest BCUT2D eigenvalue weighted by molar-refractivity contribution is 6.01. The average Bonchev–Trinajstić information content (AvgIpc) is 3.20. The molecule has 3 aromatic carbocycles. The maximum Gasteiger partial charge on any atom is 0.337 e. The fourth-order valence-electron chi connectivity index (χ4n) is 4.63. The Balaban J connectivity index is 0.000000517. The third kappa shape index (κ3) is 6.17. The second-order valence-corrected chi connectivity index (χ2v) is 10.2. The van der Waals surface area contributed by atoms with Crippen LogP contribution in [0.15, 0.2) is 82.2 Å². The lowest BCUT2D eigenvalue weighted by molar-refractivity contribution is -0.117. The smallest absolute Gasteiger partial charge is 0.337 e. The van der Waals surface area contributed by atoms with Crippen molar-refractivity contribution in [2.24, 2.45) is 0 Å². The number of aromatic carboxylic acids is 1. The number of benzene rings is 3. The number of likely N-dealkylation sites (N-methyl/N-ethyl adjacent to an activating group) is 1. The Morgan fingerprint density at radius 3 is 2.40 bits per heavy atom. The molecule has 42 heavy (non-hydrogen) atoms. The Morgan fingerprint density at radius 2 is 1.76 bits per heavy atom. The molecule has 0 bridgehead atoms. The largest absolute Gasteiger partial charge is 0.507 e. The fourth-order valence-corrected chi connectivity index (χ4v) is 4.63. The zero-order valence-electron chi connectivity index (χ0n) is 23.5. The van der Waals surface area contributed by atoms with Crippen LogP contribution in [0.25, 0.3) is 22.3 Å². The van der Waals surface area contributed by atoms with Crippen LogP contribution in [-0.2, 0) is 11.2 Å². The lowest BCUT2D eigenvalue weighted by Crippen LogP contribution is -2.20. The van der Waals surface area contributed by atoms with Gasteiger partial charge in [-0.15, -0.1) is 0 Å². The minimum atomic E-state index is -3.14. The van der Waals surface area contributed by atoms with Gasteiger partial charge in [0.15, 0.2) is 11.2 Å². The molecule has 2 heterocycles. The van der Waals surface area contributed by atoms with Gasteiger partial charge in [0.1, 0.15) is 11.3 Å². The third-order valence-corrected chi connectivity index (χ3v) is 6.95. The van der Waals surface area contributed by atoms with E-state index in [0.29, 0.717) is 41.3 Å². The lowest BCUT2D eigenvalue weighted by Gasteiger charge is -2.19. The Kier molecular flexibility index (Phi) is 8.19. The molecule has 3 N–H and O–H groups in total. The van der Waals surface area contributed by atoms with Crippen molar-refractivity contribution in [3.05, 3.63) is 105 Å². The van der Waals surface area contributed by atoms with E-state index >= 15 is 0 Å². The maximum absolute atomic E-state index is 13.1. The second-order valence-electron chi connectivity index (χ2n) is 10.2. The zero-order valence-corrected chi connectivity index (χ0v) is 23.5. The number of carbonyl (C=O) groups is 2. The van der Waals surface area contributed by atoms with Crippen molar-refractivity contribution in [2.75, 3.05) is 17.3 Å². The number of fused-ring (bicyclic) bond motifs is 2. The molecule has 1 amide bonds. The predicted octanol–water partition coefficient (Wildman–Crippen LogP) is 6.87. The van der Waals surface area contributed by atoms with Gasteiger partial charge in [0.05, 0.1) is 23.4 Å². The molecule has 8 nitrogen and oxygen atoms in total. The van der Waals surface area contributed by atoms with E-state index in [1.807, 2.05) is 38.1 Å². The van der Waals surface area contributed by atoms with Crippen LogP contribution in [0.4, 0.5) is 20.2 Å². The number of halogens is 2. The van der Waals surface area contributed by atoms with Gasteiger partial charge in [-0.3, -0.25) is 9.59 Å². The van der Waals surface area contributed by atoms with Crippen LogP contribution < -0.4 is 15.6 Å². The highest BCUT2D eigenvalue weighted by Crippen LogP contribution is 2.34. The molecule has 1 aliphatic heterocycles. The van der Waals surface area contributed by atoms with E-state index in [4.69, 9.17) is 9.52 Å². The molecule has 0 radical (unpaired) electrons. The standard InChI is InChI=1S/C28H24N2O5.C4H6F2O/c1-15-10-20(16(2)29-22-7-5-4-6-19(22)28(33)34)27-21(11-15)24(31)14-25(35-27)17-8-9-23-18(12-17)13-26(32)30(23)3;1-3(7)4(2,5)6/h4-12,14,16,29H,13H2,1-3H3,(H,33,34);7H,1H2,2H3. The summed E-state index contributed by atoms with van der Waals surface area (Å²) < 4.78 is 29.3. The first-order chi connectivity index (χ1) is 19.7.